The molecule has 2 heterocycles. The van der Waals surface area contributed by atoms with Gasteiger partial charge in [-0.1, -0.05) is 42.1 Å². The van der Waals surface area contributed by atoms with Crippen molar-refractivity contribution in [1.82, 2.24) is 24.4 Å². The summed E-state index contributed by atoms with van der Waals surface area (Å²) in [6, 6.07) is 20.8. The lowest BCUT2D eigenvalue weighted by Crippen LogP contribution is -2.40. The summed E-state index contributed by atoms with van der Waals surface area (Å²) in [5, 5.41) is 14.2. The van der Waals surface area contributed by atoms with Crippen LogP contribution >= 0.6 is 11.8 Å². The number of para-hydroxylation sites is 2. The van der Waals surface area contributed by atoms with Gasteiger partial charge in [0.25, 0.3) is 5.91 Å². The number of amides is 2. The zero-order valence-corrected chi connectivity index (χ0v) is 23.9. The van der Waals surface area contributed by atoms with Crippen LogP contribution in [0.3, 0.4) is 0 Å². The smallest absolute Gasteiger partial charge is 0.251 e. The number of ether oxygens (including phenoxy) is 1. The Morgan fingerprint density at radius 1 is 0.929 bits per heavy atom. The molecule has 3 aromatic carbocycles. The lowest BCUT2D eigenvalue weighted by molar-refractivity contribution is -0.113. The van der Waals surface area contributed by atoms with Crippen molar-refractivity contribution in [3.8, 4) is 5.69 Å². The van der Waals surface area contributed by atoms with E-state index in [2.05, 4.69) is 20.8 Å². The molecule has 0 atom stereocenters. The van der Waals surface area contributed by atoms with E-state index in [1.807, 2.05) is 30.3 Å². The van der Waals surface area contributed by atoms with Crippen LogP contribution in [0, 0.1) is 5.82 Å². The normalized spacial score (nSPS) is 13.9. The summed E-state index contributed by atoms with van der Waals surface area (Å²) in [7, 11) is -3.67. The van der Waals surface area contributed by atoms with Crippen molar-refractivity contribution in [2.75, 3.05) is 37.4 Å². The molecule has 1 fully saturated rings. The first-order chi connectivity index (χ1) is 20.3. The molecule has 11 nitrogen and oxygen atoms in total. The molecule has 5 rings (SSSR count). The van der Waals surface area contributed by atoms with Gasteiger partial charge < -0.3 is 15.4 Å². The number of hydrogen-bond donors (Lipinski definition) is 2. The second kappa shape index (κ2) is 13.2. The Hall–Kier alpha value is -4.11. The summed E-state index contributed by atoms with van der Waals surface area (Å²) < 4.78 is 48.0. The molecule has 218 valence electrons. The van der Waals surface area contributed by atoms with E-state index >= 15 is 0 Å². The summed E-state index contributed by atoms with van der Waals surface area (Å²) in [4.78, 5) is 25.5. The molecule has 2 amide bonds. The van der Waals surface area contributed by atoms with E-state index in [1.165, 1.54) is 46.8 Å². The number of aromatic nitrogens is 3. The Kier molecular flexibility index (Phi) is 9.27. The highest BCUT2D eigenvalue weighted by atomic mass is 32.2. The maximum absolute atomic E-state index is 13.9. The van der Waals surface area contributed by atoms with Crippen LogP contribution in [-0.2, 0) is 26.1 Å². The van der Waals surface area contributed by atoms with Gasteiger partial charge in [-0.25, -0.2) is 12.8 Å². The van der Waals surface area contributed by atoms with Gasteiger partial charge in [0.2, 0.25) is 15.9 Å². The van der Waals surface area contributed by atoms with E-state index in [4.69, 9.17) is 4.74 Å². The average Bonchev–Trinajstić information content (AvgIpc) is 3.43. The van der Waals surface area contributed by atoms with Gasteiger partial charge in [0.1, 0.15) is 5.82 Å². The molecule has 1 aromatic heterocycles. The zero-order chi connectivity index (χ0) is 29.5. The Morgan fingerprint density at radius 3 is 2.33 bits per heavy atom. The molecule has 0 spiro atoms. The molecule has 42 heavy (non-hydrogen) atoms. The van der Waals surface area contributed by atoms with Crippen molar-refractivity contribution in [3.63, 3.8) is 0 Å². The van der Waals surface area contributed by atoms with E-state index < -0.39 is 27.7 Å². The second-order valence-corrected chi connectivity index (χ2v) is 12.0. The molecule has 14 heteroatoms. The van der Waals surface area contributed by atoms with Crippen LogP contribution in [0.4, 0.5) is 10.1 Å². The second-order valence-electron chi connectivity index (χ2n) is 9.11. The number of carbonyl (C=O) groups excluding carboxylic acids is 2. The van der Waals surface area contributed by atoms with Crippen LogP contribution in [0.1, 0.15) is 16.2 Å². The van der Waals surface area contributed by atoms with Crippen molar-refractivity contribution in [2.24, 2.45) is 0 Å². The topological polar surface area (TPSA) is 136 Å². The standard InChI is InChI=1S/C28H27FN6O5S2/c29-23-8-4-5-9-24(23)31-26(36)19-41-28-33-32-25(35(28)21-6-2-1-3-7-21)18-30-27(37)20-10-12-22(13-11-20)42(38,39)34-14-16-40-17-15-34/h1-13H,14-19H2,(H,30,37)(H,31,36). The molecule has 2 N–H and O–H groups in total. The first-order valence-corrected chi connectivity index (χ1v) is 15.4. The van der Waals surface area contributed by atoms with Crippen molar-refractivity contribution in [1.29, 1.82) is 0 Å². The SMILES string of the molecule is O=C(CSc1nnc(CNC(=O)c2ccc(S(=O)(=O)N3CCOCC3)cc2)n1-c1ccccc1)Nc1ccccc1F. The fourth-order valence-corrected chi connectivity index (χ4v) is 6.38. The number of anilines is 1. The van der Waals surface area contributed by atoms with Gasteiger partial charge >= 0.3 is 0 Å². The minimum Gasteiger partial charge on any atom is -0.379 e. The number of nitrogens with zero attached hydrogens (tertiary/aromatic N) is 4. The molecule has 0 radical (unpaired) electrons. The Balaban J connectivity index is 1.26. The summed E-state index contributed by atoms with van der Waals surface area (Å²) in [6.07, 6.45) is 0. The first kappa shape index (κ1) is 29.4. The van der Waals surface area contributed by atoms with Crippen LogP contribution in [0.5, 0.6) is 0 Å². The van der Waals surface area contributed by atoms with Crippen LogP contribution < -0.4 is 10.6 Å². The minimum absolute atomic E-state index is 0.0105. The number of rotatable bonds is 10. The molecule has 1 saturated heterocycles. The summed E-state index contributed by atoms with van der Waals surface area (Å²) in [6.45, 7) is 1.26. The number of thioether (sulfide) groups is 1. The van der Waals surface area contributed by atoms with Crippen molar-refractivity contribution < 1.29 is 27.1 Å². The van der Waals surface area contributed by atoms with Crippen LogP contribution in [-0.4, -0.2) is 71.4 Å². The van der Waals surface area contributed by atoms with E-state index in [0.717, 1.165) is 17.4 Å². The highest BCUT2D eigenvalue weighted by molar-refractivity contribution is 7.99. The number of halogens is 1. The summed E-state index contributed by atoms with van der Waals surface area (Å²) in [5.41, 5.74) is 1.09. The third-order valence-corrected chi connectivity index (χ3v) is 9.17. The maximum atomic E-state index is 13.9. The zero-order valence-electron chi connectivity index (χ0n) is 22.3. The van der Waals surface area contributed by atoms with E-state index in [0.29, 0.717) is 24.2 Å². The highest BCUT2D eigenvalue weighted by Gasteiger charge is 2.26. The molecule has 0 bridgehead atoms. The fraction of sp³-hybridized carbons (Fsp3) is 0.214. The number of sulfonamides is 1. The first-order valence-electron chi connectivity index (χ1n) is 13.0. The average molecular weight is 611 g/mol. The van der Waals surface area contributed by atoms with Gasteiger partial charge in [0.05, 0.1) is 36.1 Å². The Bertz CT molecular complexity index is 1660. The third kappa shape index (κ3) is 6.85. The molecular weight excluding hydrogens is 583 g/mol. The number of benzene rings is 3. The highest BCUT2D eigenvalue weighted by Crippen LogP contribution is 2.23. The van der Waals surface area contributed by atoms with Crippen LogP contribution in [0.25, 0.3) is 5.69 Å². The number of carbonyl (C=O) groups is 2. The predicted molar refractivity (Wildman–Crippen MR) is 154 cm³/mol. The van der Waals surface area contributed by atoms with E-state index in [1.54, 1.807) is 10.6 Å². The molecule has 1 aliphatic rings. The van der Waals surface area contributed by atoms with Crippen molar-refractivity contribution >= 4 is 39.3 Å². The van der Waals surface area contributed by atoms with E-state index in [9.17, 15) is 22.4 Å². The fourth-order valence-electron chi connectivity index (χ4n) is 4.20. The van der Waals surface area contributed by atoms with Crippen molar-refractivity contribution in [3.05, 3.63) is 96.1 Å². The molecule has 4 aromatic rings. The Labute approximate surface area is 246 Å². The molecule has 0 aliphatic carbocycles. The number of hydrogen-bond acceptors (Lipinski definition) is 8. The quantitative estimate of drug-likeness (QED) is 0.262. The van der Waals surface area contributed by atoms with Gasteiger partial charge in [-0.2, -0.15) is 4.31 Å². The van der Waals surface area contributed by atoms with E-state index in [-0.39, 0.29) is 41.5 Å². The Morgan fingerprint density at radius 2 is 1.62 bits per heavy atom. The van der Waals surface area contributed by atoms with Gasteiger partial charge in [0, 0.05) is 24.3 Å². The molecular formula is C28H27FN6O5S2. The molecule has 0 unspecified atom stereocenters. The van der Waals surface area contributed by atoms with Gasteiger partial charge in [-0.15, -0.1) is 10.2 Å². The lowest BCUT2D eigenvalue weighted by Gasteiger charge is -2.26. The van der Waals surface area contributed by atoms with Gasteiger partial charge in [0.15, 0.2) is 11.0 Å². The molecule has 0 saturated carbocycles. The van der Waals surface area contributed by atoms with Gasteiger partial charge in [-0.3, -0.25) is 14.2 Å². The third-order valence-electron chi connectivity index (χ3n) is 6.33. The molecule has 1 aliphatic heterocycles. The monoisotopic (exact) mass is 610 g/mol. The predicted octanol–water partition coefficient (Wildman–Crippen LogP) is 3.09. The minimum atomic E-state index is -3.67. The van der Waals surface area contributed by atoms with Crippen LogP contribution in [0.15, 0.2) is 88.9 Å². The number of nitrogens with one attached hydrogen (secondary N) is 2. The summed E-state index contributed by atoms with van der Waals surface area (Å²) >= 11 is 1.12. The van der Waals surface area contributed by atoms with Crippen LogP contribution in [0.2, 0.25) is 0 Å². The maximum Gasteiger partial charge on any atom is 0.251 e. The van der Waals surface area contributed by atoms with Crippen molar-refractivity contribution in [2.45, 2.75) is 16.6 Å². The largest absolute Gasteiger partial charge is 0.379 e. The number of morpholine rings is 1. The summed E-state index contributed by atoms with van der Waals surface area (Å²) in [5.74, 6) is -1.01. The lowest BCUT2D eigenvalue weighted by atomic mass is 10.2. The van der Waals surface area contributed by atoms with Gasteiger partial charge in [-0.05, 0) is 48.5 Å².